The lowest BCUT2D eigenvalue weighted by Crippen LogP contribution is -1.96. The second-order valence-electron chi connectivity index (χ2n) is 1.80. The second kappa shape index (κ2) is 3.11. The van der Waals surface area contributed by atoms with Crippen molar-refractivity contribution in [2.75, 3.05) is 0 Å². The van der Waals surface area contributed by atoms with Crippen LogP contribution in [0.2, 0.25) is 5.02 Å². The van der Waals surface area contributed by atoms with Crippen molar-refractivity contribution in [3.63, 3.8) is 0 Å². The van der Waals surface area contributed by atoms with E-state index in [4.69, 9.17) is 28.3 Å². The summed E-state index contributed by atoms with van der Waals surface area (Å²) in [7, 11) is 0. The van der Waals surface area contributed by atoms with Gasteiger partial charge in [0.25, 0.3) is 0 Å². The lowest BCUT2D eigenvalue weighted by atomic mass is 10.4. The maximum atomic E-state index is 10.3. The molecular weight excluding hydrogens is 191 g/mol. The van der Waals surface area contributed by atoms with Gasteiger partial charge >= 0.3 is 5.97 Å². The number of aromatic amines is 1. The van der Waals surface area contributed by atoms with Crippen LogP contribution in [0.3, 0.4) is 0 Å². The van der Waals surface area contributed by atoms with Gasteiger partial charge in [0.1, 0.15) is 0 Å². The molecule has 0 aromatic carbocycles. The summed E-state index contributed by atoms with van der Waals surface area (Å²) < 4.78 is 0. The summed E-state index contributed by atoms with van der Waals surface area (Å²) in [4.78, 5) is 10.3. The number of carbonyl (C=O) groups is 1. The largest absolute Gasteiger partial charge is 0.476 e. The predicted octanol–water partition coefficient (Wildman–Crippen LogP) is 1.50. The first-order valence-electron chi connectivity index (χ1n) is 2.68. The minimum Gasteiger partial charge on any atom is -0.476 e. The minimum atomic E-state index is -1.16. The van der Waals surface area contributed by atoms with Crippen LogP contribution in [0, 0.1) is 0 Å². The number of aromatic carboxylic acids is 1. The van der Waals surface area contributed by atoms with Gasteiger partial charge < -0.3 is 5.11 Å². The highest BCUT2D eigenvalue weighted by molar-refractivity contribution is 6.34. The van der Waals surface area contributed by atoms with Crippen molar-refractivity contribution in [2.24, 2.45) is 0 Å². The van der Waals surface area contributed by atoms with E-state index in [2.05, 4.69) is 10.2 Å². The third-order valence-corrected chi connectivity index (χ3v) is 1.79. The Bertz CT molecular complexity index is 284. The fourth-order valence-electron chi connectivity index (χ4n) is 0.595. The number of carboxylic acids is 1. The van der Waals surface area contributed by atoms with Gasteiger partial charge in [-0.25, -0.2) is 4.79 Å². The molecule has 0 spiro atoms. The molecule has 0 atom stereocenters. The fraction of sp³-hybridized carbons (Fsp3) is 0.200. The Hall–Kier alpha value is -0.740. The normalized spacial score (nSPS) is 10.0. The SMILES string of the molecule is O=C(O)c1n[nH]c(CCl)c1Cl. The fourth-order valence-corrected chi connectivity index (χ4v) is 1.09. The van der Waals surface area contributed by atoms with Crippen LogP contribution in [0.5, 0.6) is 0 Å². The van der Waals surface area contributed by atoms with Crippen LogP contribution >= 0.6 is 23.2 Å². The maximum absolute atomic E-state index is 10.3. The van der Waals surface area contributed by atoms with Crippen molar-refractivity contribution in [2.45, 2.75) is 5.88 Å². The van der Waals surface area contributed by atoms with Gasteiger partial charge in [0, 0.05) is 0 Å². The molecule has 0 aliphatic rings. The third-order valence-electron chi connectivity index (χ3n) is 1.11. The molecule has 1 rings (SSSR count). The average Bonchev–Trinajstić information content (AvgIpc) is 2.30. The van der Waals surface area contributed by atoms with Gasteiger partial charge in [-0.15, -0.1) is 11.6 Å². The standard InChI is InChI=1S/C5H4Cl2N2O2/c6-1-2-3(7)4(5(10)11)9-8-2/h1H2,(H,8,9)(H,10,11). The van der Waals surface area contributed by atoms with Gasteiger partial charge in [-0.3, -0.25) is 5.10 Å². The van der Waals surface area contributed by atoms with E-state index in [9.17, 15) is 4.79 Å². The number of nitrogens with zero attached hydrogens (tertiary/aromatic N) is 1. The maximum Gasteiger partial charge on any atom is 0.357 e. The molecule has 0 unspecified atom stereocenters. The van der Waals surface area contributed by atoms with Crippen LogP contribution in [-0.2, 0) is 5.88 Å². The lowest BCUT2D eigenvalue weighted by Gasteiger charge is -1.87. The monoisotopic (exact) mass is 194 g/mol. The van der Waals surface area contributed by atoms with Crippen molar-refractivity contribution < 1.29 is 9.90 Å². The molecule has 11 heavy (non-hydrogen) atoms. The number of rotatable bonds is 2. The summed E-state index contributed by atoms with van der Waals surface area (Å²) in [5.74, 6) is -1.04. The highest BCUT2D eigenvalue weighted by atomic mass is 35.5. The molecule has 4 nitrogen and oxygen atoms in total. The molecule has 1 aromatic rings. The van der Waals surface area contributed by atoms with Gasteiger partial charge in [-0.2, -0.15) is 5.10 Å². The number of halogens is 2. The molecule has 0 saturated carbocycles. The van der Waals surface area contributed by atoms with Crippen LogP contribution in [0.1, 0.15) is 16.2 Å². The van der Waals surface area contributed by atoms with Crippen molar-refractivity contribution in [3.05, 3.63) is 16.4 Å². The van der Waals surface area contributed by atoms with Crippen LogP contribution in [0.15, 0.2) is 0 Å². The zero-order valence-corrected chi connectivity index (χ0v) is 6.78. The van der Waals surface area contributed by atoms with E-state index in [-0.39, 0.29) is 16.6 Å². The number of alkyl halides is 1. The molecule has 6 heteroatoms. The minimum absolute atomic E-state index is 0.0764. The van der Waals surface area contributed by atoms with Crippen LogP contribution < -0.4 is 0 Å². The average molecular weight is 195 g/mol. The Labute approximate surface area is 72.1 Å². The highest BCUT2D eigenvalue weighted by Crippen LogP contribution is 2.19. The highest BCUT2D eigenvalue weighted by Gasteiger charge is 2.15. The molecule has 0 aliphatic carbocycles. The zero-order chi connectivity index (χ0) is 8.43. The number of aromatic nitrogens is 2. The summed E-state index contributed by atoms with van der Waals surface area (Å²) in [5.41, 5.74) is 0.230. The summed E-state index contributed by atoms with van der Waals surface area (Å²) >= 11 is 11.0. The van der Waals surface area contributed by atoms with Crippen molar-refractivity contribution >= 4 is 29.2 Å². The zero-order valence-electron chi connectivity index (χ0n) is 5.27. The first kappa shape index (κ1) is 8.36. The van der Waals surface area contributed by atoms with Crippen molar-refractivity contribution in [1.29, 1.82) is 0 Å². The van der Waals surface area contributed by atoms with Crippen molar-refractivity contribution in [1.82, 2.24) is 10.2 Å². The smallest absolute Gasteiger partial charge is 0.357 e. The van der Waals surface area contributed by atoms with E-state index in [1.165, 1.54) is 0 Å². The quantitative estimate of drug-likeness (QED) is 0.702. The predicted molar refractivity (Wildman–Crippen MR) is 40.1 cm³/mol. The van der Waals surface area contributed by atoms with E-state index in [0.29, 0.717) is 5.69 Å². The van der Waals surface area contributed by atoms with E-state index < -0.39 is 5.97 Å². The molecule has 0 radical (unpaired) electrons. The number of nitrogens with one attached hydrogen (secondary N) is 1. The topological polar surface area (TPSA) is 66.0 Å². The molecule has 0 amide bonds. The number of hydrogen-bond acceptors (Lipinski definition) is 2. The van der Waals surface area contributed by atoms with E-state index >= 15 is 0 Å². The Morgan fingerprint density at radius 3 is 2.64 bits per heavy atom. The van der Waals surface area contributed by atoms with Gasteiger partial charge in [0.15, 0.2) is 5.69 Å². The number of carboxylic acid groups (broad SMARTS) is 1. The Balaban J connectivity index is 3.10. The molecular formula is C5H4Cl2N2O2. The Morgan fingerprint density at radius 1 is 1.73 bits per heavy atom. The molecule has 0 saturated heterocycles. The molecule has 1 aromatic heterocycles. The number of hydrogen-bond donors (Lipinski definition) is 2. The summed E-state index contributed by atoms with van der Waals surface area (Å²) in [6.07, 6.45) is 0. The van der Waals surface area contributed by atoms with E-state index in [0.717, 1.165) is 0 Å². The van der Waals surface area contributed by atoms with Gasteiger partial charge in [0.05, 0.1) is 16.6 Å². The van der Waals surface area contributed by atoms with Gasteiger partial charge in [-0.05, 0) is 0 Å². The lowest BCUT2D eigenvalue weighted by molar-refractivity contribution is 0.0690. The Morgan fingerprint density at radius 2 is 2.36 bits per heavy atom. The molecule has 2 N–H and O–H groups in total. The molecule has 60 valence electrons. The van der Waals surface area contributed by atoms with Gasteiger partial charge in [-0.1, -0.05) is 11.6 Å². The molecule has 1 heterocycles. The first-order valence-corrected chi connectivity index (χ1v) is 3.60. The molecule has 0 aliphatic heterocycles. The van der Waals surface area contributed by atoms with Crippen molar-refractivity contribution in [3.8, 4) is 0 Å². The van der Waals surface area contributed by atoms with Crippen LogP contribution in [0.25, 0.3) is 0 Å². The van der Waals surface area contributed by atoms with Crippen LogP contribution in [0.4, 0.5) is 0 Å². The second-order valence-corrected chi connectivity index (χ2v) is 2.45. The summed E-state index contributed by atoms with van der Waals surface area (Å²) in [6, 6.07) is 0. The molecule has 0 bridgehead atoms. The Kier molecular flexibility index (Phi) is 2.36. The summed E-state index contributed by atoms with van der Waals surface area (Å²) in [5, 5.41) is 14.4. The van der Waals surface area contributed by atoms with E-state index in [1.807, 2.05) is 0 Å². The van der Waals surface area contributed by atoms with E-state index in [1.54, 1.807) is 0 Å². The third kappa shape index (κ3) is 1.46. The summed E-state index contributed by atoms with van der Waals surface area (Å²) in [6.45, 7) is 0. The van der Waals surface area contributed by atoms with Gasteiger partial charge in [0.2, 0.25) is 0 Å². The molecule has 0 fully saturated rings. The number of H-pyrrole nitrogens is 1. The first-order chi connectivity index (χ1) is 5.16. The van der Waals surface area contributed by atoms with Crippen LogP contribution in [-0.4, -0.2) is 21.3 Å².